The average Bonchev–Trinajstić information content (AvgIpc) is 3.18. The van der Waals surface area contributed by atoms with Gasteiger partial charge in [0.15, 0.2) is 0 Å². The van der Waals surface area contributed by atoms with Crippen molar-refractivity contribution in [1.29, 1.82) is 0 Å². The Hall–Kier alpha value is -3.00. The predicted octanol–water partition coefficient (Wildman–Crippen LogP) is 2.78. The Morgan fingerprint density at radius 1 is 1.23 bits per heavy atom. The van der Waals surface area contributed by atoms with E-state index in [9.17, 15) is 4.79 Å². The lowest BCUT2D eigenvalue weighted by atomic mass is 9.95. The van der Waals surface area contributed by atoms with Crippen molar-refractivity contribution in [3.05, 3.63) is 47.9 Å². The van der Waals surface area contributed by atoms with Crippen LogP contribution in [0.2, 0.25) is 0 Å². The molecule has 1 aromatic carbocycles. The van der Waals surface area contributed by atoms with Crippen molar-refractivity contribution in [3.63, 3.8) is 0 Å². The third-order valence-corrected chi connectivity index (χ3v) is 5.90. The zero-order valence-electron chi connectivity index (χ0n) is 18.3. The highest BCUT2D eigenvalue weighted by atomic mass is 16.5. The molecule has 0 spiro atoms. The molecule has 2 aromatic heterocycles. The Balaban J connectivity index is 1.19. The average molecular weight is 423 g/mol. The molecule has 0 bridgehead atoms. The fourth-order valence-electron chi connectivity index (χ4n) is 4.18. The van der Waals surface area contributed by atoms with Crippen molar-refractivity contribution in [2.75, 3.05) is 38.1 Å². The maximum Gasteiger partial charge on any atom is 0.263 e. The maximum atomic E-state index is 12.6. The van der Waals surface area contributed by atoms with Gasteiger partial charge in [-0.3, -0.25) is 4.79 Å². The van der Waals surface area contributed by atoms with Gasteiger partial charge in [-0.25, -0.2) is 4.98 Å². The Labute approximate surface area is 182 Å². The molecule has 1 fully saturated rings. The number of nitrogens with zero attached hydrogens (tertiary/aromatic N) is 5. The summed E-state index contributed by atoms with van der Waals surface area (Å²) in [6.45, 7) is 6.06. The van der Waals surface area contributed by atoms with E-state index < -0.39 is 0 Å². The zero-order valence-corrected chi connectivity index (χ0v) is 18.3. The van der Waals surface area contributed by atoms with E-state index in [0.717, 1.165) is 62.3 Å². The Morgan fingerprint density at radius 2 is 2.00 bits per heavy atom. The van der Waals surface area contributed by atoms with Crippen LogP contribution in [0.4, 0.5) is 5.82 Å². The highest BCUT2D eigenvalue weighted by molar-refractivity contribution is 5.88. The normalized spacial score (nSPS) is 15.0. The van der Waals surface area contributed by atoms with Crippen molar-refractivity contribution in [1.82, 2.24) is 25.3 Å². The summed E-state index contributed by atoms with van der Waals surface area (Å²) in [5, 5.41) is 7.99. The number of fused-ring (bicyclic) bond motifs is 1. The molecule has 164 valence electrons. The third kappa shape index (κ3) is 5.19. The molecular weight excluding hydrogens is 392 g/mol. The van der Waals surface area contributed by atoms with Crippen LogP contribution in [0.5, 0.6) is 0 Å². The summed E-state index contributed by atoms with van der Waals surface area (Å²) in [4.78, 5) is 25.7. The zero-order chi connectivity index (χ0) is 21.6. The van der Waals surface area contributed by atoms with Gasteiger partial charge in [0.2, 0.25) is 5.91 Å². The number of rotatable bonds is 8. The van der Waals surface area contributed by atoms with E-state index >= 15 is 0 Å². The summed E-state index contributed by atoms with van der Waals surface area (Å²) in [5.74, 6) is 1.07. The Kier molecular flexibility index (Phi) is 6.76. The van der Waals surface area contributed by atoms with Crippen molar-refractivity contribution >= 4 is 22.8 Å². The number of aromatic nitrogens is 3. The summed E-state index contributed by atoms with van der Waals surface area (Å²) >= 11 is 0. The number of nitrogens with one attached hydrogen (secondary N) is 1. The number of anilines is 1. The second-order valence-electron chi connectivity index (χ2n) is 8.27. The molecule has 0 radical (unpaired) electrons. The minimum Gasteiger partial charge on any atom is -0.356 e. The first-order valence-electron chi connectivity index (χ1n) is 10.9. The lowest BCUT2D eigenvalue weighted by Crippen LogP contribution is -2.41. The fourth-order valence-corrected chi connectivity index (χ4v) is 4.18. The van der Waals surface area contributed by atoms with Crippen molar-refractivity contribution < 1.29 is 9.32 Å². The predicted molar refractivity (Wildman–Crippen MR) is 120 cm³/mol. The summed E-state index contributed by atoms with van der Waals surface area (Å²) in [6.07, 6.45) is 4.08. The molecule has 0 unspecified atom stereocenters. The third-order valence-electron chi connectivity index (χ3n) is 5.90. The van der Waals surface area contributed by atoms with E-state index in [1.165, 1.54) is 11.9 Å². The van der Waals surface area contributed by atoms with E-state index in [4.69, 9.17) is 4.52 Å². The second kappa shape index (κ2) is 9.87. The van der Waals surface area contributed by atoms with Crippen molar-refractivity contribution in [2.45, 2.75) is 32.7 Å². The molecule has 0 saturated carbocycles. The van der Waals surface area contributed by atoms with Gasteiger partial charge in [-0.15, -0.1) is 0 Å². The number of carbonyl (C=O) groups excluding carboxylic acids is 1. The summed E-state index contributed by atoms with van der Waals surface area (Å²) in [5.41, 5.74) is 2.62. The number of aryl methyl sites for hydroxylation is 1. The molecule has 8 heteroatoms. The molecule has 31 heavy (non-hydrogen) atoms. The molecule has 4 rings (SSSR count). The van der Waals surface area contributed by atoms with Crippen LogP contribution in [0.3, 0.4) is 0 Å². The summed E-state index contributed by atoms with van der Waals surface area (Å²) in [7, 11) is 2.12. The molecule has 1 saturated heterocycles. The van der Waals surface area contributed by atoms with E-state index in [2.05, 4.69) is 61.6 Å². The number of hydrogen-bond acceptors (Lipinski definition) is 7. The molecule has 1 amide bonds. The number of benzene rings is 1. The van der Waals surface area contributed by atoms with Crippen LogP contribution in [0.15, 0.2) is 41.2 Å². The Bertz CT molecular complexity index is 998. The van der Waals surface area contributed by atoms with Crippen LogP contribution in [-0.2, 0) is 11.3 Å². The first-order valence-corrected chi connectivity index (χ1v) is 10.9. The van der Waals surface area contributed by atoms with Crippen LogP contribution in [0.1, 0.15) is 30.5 Å². The standard InChI is InChI=1S/C23H30N6O2/c1-17-20-21(25-16-26-23(20)31-27-17)29-13-9-19(10-14-29)22(30)24-11-6-12-28(2)15-18-7-4-3-5-8-18/h3-5,7-8,16,19H,6,9-15H2,1-2H3,(H,24,30). The highest BCUT2D eigenvalue weighted by Gasteiger charge is 2.27. The summed E-state index contributed by atoms with van der Waals surface area (Å²) in [6, 6.07) is 10.4. The lowest BCUT2D eigenvalue weighted by molar-refractivity contribution is -0.125. The molecule has 3 heterocycles. The smallest absolute Gasteiger partial charge is 0.263 e. The topological polar surface area (TPSA) is 87.4 Å². The number of hydrogen-bond donors (Lipinski definition) is 1. The van der Waals surface area contributed by atoms with Crippen LogP contribution >= 0.6 is 0 Å². The van der Waals surface area contributed by atoms with Crippen LogP contribution in [-0.4, -0.2) is 59.2 Å². The molecule has 1 aliphatic heterocycles. The molecule has 1 N–H and O–H groups in total. The minimum absolute atomic E-state index is 0.0548. The van der Waals surface area contributed by atoms with Gasteiger partial charge in [0.25, 0.3) is 5.71 Å². The van der Waals surface area contributed by atoms with Gasteiger partial charge in [0.05, 0.1) is 5.69 Å². The molecule has 0 atom stereocenters. The lowest BCUT2D eigenvalue weighted by Gasteiger charge is -2.32. The van der Waals surface area contributed by atoms with Gasteiger partial charge in [0, 0.05) is 32.1 Å². The van der Waals surface area contributed by atoms with Gasteiger partial charge in [0.1, 0.15) is 17.5 Å². The fraction of sp³-hybridized carbons (Fsp3) is 0.478. The largest absolute Gasteiger partial charge is 0.356 e. The molecule has 1 aliphatic rings. The molecular formula is C23H30N6O2. The van der Waals surface area contributed by atoms with E-state index in [-0.39, 0.29) is 11.8 Å². The van der Waals surface area contributed by atoms with Crippen LogP contribution < -0.4 is 10.2 Å². The van der Waals surface area contributed by atoms with Gasteiger partial charge in [-0.2, -0.15) is 4.98 Å². The maximum absolute atomic E-state index is 12.6. The minimum atomic E-state index is 0.0548. The van der Waals surface area contributed by atoms with Crippen molar-refractivity contribution in [2.24, 2.45) is 5.92 Å². The summed E-state index contributed by atoms with van der Waals surface area (Å²) < 4.78 is 5.25. The van der Waals surface area contributed by atoms with Crippen molar-refractivity contribution in [3.8, 4) is 0 Å². The molecule has 3 aromatic rings. The first kappa shape index (κ1) is 21.2. The second-order valence-corrected chi connectivity index (χ2v) is 8.27. The van der Waals surface area contributed by atoms with Gasteiger partial charge < -0.3 is 19.6 Å². The highest BCUT2D eigenvalue weighted by Crippen LogP contribution is 2.29. The van der Waals surface area contributed by atoms with E-state index in [0.29, 0.717) is 12.3 Å². The van der Waals surface area contributed by atoms with Crippen LogP contribution in [0.25, 0.3) is 11.1 Å². The van der Waals surface area contributed by atoms with Gasteiger partial charge in [-0.05, 0) is 45.3 Å². The van der Waals surface area contributed by atoms with E-state index in [1.54, 1.807) is 0 Å². The molecule has 8 nitrogen and oxygen atoms in total. The monoisotopic (exact) mass is 422 g/mol. The van der Waals surface area contributed by atoms with Gasteiger partial charge in [-0.1, -0.05) is 35.5 Å². The SMILES string of the molecule is Cc1noc2ncnc(N3CCC(C(=O)NCCCN(C)Cc4ccccc4)CC3)c12. The quantitative estimate of drug-likeness (QED) is 0.559. The number of amides is 1. The first-order chi connectivity index (χ1) is 15.1. The van der Waals surface area contributed by atoms with Crippen LogP contribution in [0, 0.1) is 12.8 Å². The Morgan fingerprint density at radius 3 is 2.77 bits per heavy atom. The molecule has 0 aliphatic carbocycles. The van der Waals surface area contributed by atoms with Gasteiger partial charge >= 0.3 is 0 Å². The number of carbonyl (C=O) groups is 1. The number of piperidine rings is 1. The van der Waals surface area contributed by atoms with E-state index in [1.807, 2.05) is 13.0 Å².